The van der Waals surface area contributed by atoms with Gasteiger partial charge in [-0.1, -0.05) is 37.2 Å². The standard InChI is InChI=1S/C20H25F3N4O.HI/c1-13(2)17-10-16(28-27-17)11-25-18(24-3)26-12-19(7-8-19)14-5-4-6-15(9-14)20(21,22)23;/h4-6,9-10,13H,7-8,11-12H2,1-3H3,(H2,24,25,26);1H. The first-order valence-corrected chi connectivity index (χ1v) is 9.31. The van der Waals surface area contributed by atoms with E-state index in [4.69, 9.17) is 4.52 Å². The Morgan fingerprint density at radius 2 is 1.97 bits per heavy atom. The number of hydrogen-bond donors (Lipinski definition) is 2. The number of aliphatic imine (C=N–C) groups is 1. The number of benzene rings is 1. The van der Waals surface area contributed by atoms with Crippen molar-refractivity contribution in [3.63, 3.8) is 0 Å². The van der Waals surface area contributed by atoms with Crippen molar-refractivity contribution in [1.29, 1.82) is 0 Å². The lowest BCUT2D eigenvalue weighted by atomic mass is 9.94. The number of hydrogen-bond acceptors (Lipinski definition) is 3. The van der Waals surface area contributed by atoms with Gasteiger partial charge >= 0.3 is 6.18 Å². The summed E-state index contributed by atoms with van der Waals surface area (Å²) in [7, 11) is 1.65. The fraction of sp³-hybridized carbons (Fsp3) is 0.500. The van der Waals surface area contributed by atoms with E-state index in [1.807, 2.05) is 19.9 Å². The van der Waals surface area contributed by atoms with Crippen molar-refractivity contribution in [3.8, 4) is 0 Å². The van der Waals surface area contributed by atoms with E-state index in [1.54, 1.807) is 13.1 Å². The van der Waals surface area contributed by atoms with Crippen LogP contribution in [0.1, 0.15) is 55.2 Å². The Bertz CT molecular complexity index is 844. The van der Waals surface area contributed by atoms with Crippen molar-refractivity contribution < 1.29 is 17.7 Å². The summed E-state index contributed by atoms with van der Waals surface area (Å²) in [6, 6.07) is 7.50. The van der Waals surface area contributed by atoms with Crippen LogP contribution < -0.4 is 10.6 Å². The molecule has 0 amide bonds. The van der Waals surface area contributed by atoms with E-state index in [0.29, 0.717) is 30.4 Å². The maximum atomic E-state index is 13.0. The van der Waals surface area contributed by atoms with Crippen LogP contribution in [0.3, 0.4) is 0 Å². The highest BCUT2D eigenvalue weighted by Crippen LogP contribution is 2.48. The molecule has 0 spiro atoms. The van der Waals surface area contributed by atoms with Crippen molar-refractivity contribution in [2.75, 3.05) is 13.6 Å². The highest BCUT2D eigenvalue weighted by atomic mass is 127. The molecule has 1 aromatic heterocycles. The average Bonchev–Trinajstić information content (AvgIpc) is 3.30. The second-order valence-electron chi connectivity index (χ2n) is 7.51. The molecule has 29 heavy (non-hydrogen) atoms. The Kier molecular flexibility index (Phi) is 7.58. The Morgan fingerprint density at radius 3 is 2.52 bits per heavy atom. The molecule has 1 fully saturated rings. The number of aromatic nitrogens is 1. The second-order valence-corrected chi connectivity index (χ2v) is 7.51. The first-order valence-electron chi connectivity index (χ1n) is 9.31. The summed E-state index contributed by atoms with van der Waals surface area (Å²) in [5.74, 6) is 1.56. The molecule has 1 aromatic carbocycles. The fourth-order valence-corrected chi connectivity index (χ4v) is 3.07. The van der Waals surface area contributed by atoms with Gasteiger partial charge in [-0.3, -0.25) is 4.99 Å². The van der Waals surface area contributed by atoms with Gasteiger partial charge in [-0.2, -0.15) is 13.2 Å². The van der Waals surface area contributed by atoms with Crippen molar-refractivity contribution in [1.82, 2.24) is 15.8 Å². The summed E-state index contributed by atoms with van der Waals surface area (Å²) >= 11 is 0. The minimum Gasteiger partial charge on any atom is -0.359 e. The molecule has 0 atom stereocenters. The van der Waals surface area contributed by atoms with Crippen LogP contribution in [0.25, 0.3) is 0 Å². The zero-order valence-electron chi connectivity index (χ0n) is 16.6. The van der Waals surface area contributed by atoms with Gasteiger partial charge in [0.25, 0.3) is 0 Å². The molecule has 2 N–H and O–H groups in total. The van der Waals surface area contributed by atoms with Crippen LogP contribution in [0, 0.1) is 0 Å². The molecule has 9 heteroatoms. The number of nitrogens with one attached hydrogen (secondary N) is 2. The molecule has 0 unspecified atom stereocenters. The van der Waals surface area contributed by atoms with Crippen LogP contribution in [0.5, 0.6) is 0 Å². The molecule has 1 aliphatic rings. The third-order valence-corrected chi connectivity index (χ3v) is 5.07. The van der Waals surface area contributed by atoms with E-state index in [1.165, 1.54) is 12.1 Å². The van der Waals surface area contributed by atoms with Crippen LogP contribution in [-0.4, -0.2) is 24.7 Å². The lowest BCUT2D eigenvalue weighted by Gasteiger charge is -2.20. The largest absolute Gasteiger partial charge is 0.416 e. The normalized spacial score (nSPS) is 15.8. The smallest absolute Gasteiger partial charge is 0.359 e. The zero-order valence-corrected chi connectivity index (χ0v) is 19.0. The topological polar surface area (TPSA) is 62.5 Å². The van der Waals surface area contributed by atoms with Crippen LogP contribution in [0.4, 0.5) is 13.2 Å². The quantitative estimate of drug-likeness (QED) is 0.324. The molecule has 1 aliphatic carbocycles. The minimum absolute atomic E-state index is 0. The van der Waals surface area contributed by atoms with Gasteiger partial charge in [0.15, 0.2) is 11.7 Å². The number of nitrogens with zero attached hydrogens (tertiary/aromatic N) is 2. The van der Waals surface area contributed by atoms with Crippen molar-refractivity contribution in [2.24, 2.45) is 4.99 Å². The Labute approximate surface area is 185 Å². The van der Waals surface area contributed by atoms with Gasteiger partial charge in [0, 0.05) is 25.1 Å². The Balaban J connectivity index is 0.00000300. The third-order valence-electron chi connectivity index (χ3n) is 5.07. The summed E-state index contributed by atoms with van der Waals surface area (Å²) in [4.78, 5) is 4.18. The summed E-state index contributed by atoms with van der Waals surface area (Å²) in [5, 5.41) is 10.4. The molecule has 1 heterocycles. The maximum Gasteiger partial charge on any atom is 0.416 e. The summed E-state index contributed by atoms with van der Waals surface area (Å²) in [6.07, 6.45) is -2.64. The van der Waals surface area contributed by atoms with E-state index in [-0.39, 0.29) is 35.3 Å². The predicted octanol–water partition coefficient (Wildman–Crippen LogP) is 4.83. The molecular weight excluding hydrogens is 496 g/mol. The number of halogens is 4. The SMILES string of the molecule is CN=C(NCc1cc(C(C)C)no1)NCC1(c2cccc(C(F)(F)F)c2)CC1.I. The minimum atomic E-state index is -4.33. The van der Waals surface area contributed by atoms with Gasteiger partial charge in [0.1, 0.15) is 0 Å². The Hall–Kier alpha value is -1.78. The maximum absolute atomic E-state index is 13.0. The molecule has 160 valence electrons. The highest BCUT2D eigenvalue weighted by Gasteiger charge is 2.45. The van der Waals surface area contributed by atoms with Gasteiger partial charge in [-0.15, -0.1) is 24.0 Å². The monoisotopic (exact) mass is 522 g/mol. The van der Waals surface area contributed by atoms with Crippen LogP contribution in [0.15, 0.2) is 39.8 Å². The molecule has 0 saturated heterocycles. The van der Waals surface area contributed by atoms with E-state index in [9.17, 15) is 13.2 Å². The van der Waals surface area contributed by atoms with Gasteiger partial charge in [0.2, 0.25) is 0 Å². The average molecular weight is 522 g/mol. The van der Waals surface area contributed by atoms with Crippen LogP contribution in [0.2, 0.25) is 0 Å². The van der Waals surface area contributed by atoms with Crippen LogP contribution in [-0.2, 0) is 18.1 Å². The van der Waals surface area contributed by atoms with Crippen molar-refractivity contribution in [2.45, 2.75) is 50.7 Å². The van der Waals surface area contributed by atoms with Gasteiger partial charge < -0.3 is 15.2 Å². The van der Waals surface area contributed by atoms with E-state index in [2.05, 4.69) is 20.8 Å². The van der Waals surface area contributed by atoms with E-state index < -0.39 is 11.7 Å². The highest BCUT2D eigenvalue weighted by molar-refractivity contribution is 14.0. The number of guanidine groups is 1. The van der Waals surface area contributed by atoms with Crippen LogP contribution >= 0.6 is 24.0 Å². The molecule has 5 nitrogen and oxygen atoms in total. The van der Waals surface area contributed by atoms with Gasteiger partial charge in [-0.25, -0.2) is 0 Å². The number of alkyl halides is 3. The summed E-state index contributed by atoms with van der Waals surface area (Å²) in [5.41, 5.74) is 0.712. The first-order chi connectivity index (χ1) is 13.2. The molecule has 2 aromatic rings. The van der Waals surface area contributed by atoms with Crippen molar-refractivity contribution >= 4 is 29.9 Å². The van der Waals surface area contributed by atoms with Gasteiger partial charge in [0.05, 0.1) is 17.8 Å². The predicted molar refractivity (Wildman–Crippen MR) is 117 cm³/mol. The summed E-state index contributed by atoms with van der Waals surface area (Å²) < 4.78 is 44.3. The molecular formula is C20H26F3IN4O. The lowest BCUT2D eigenvalue weighted by Crippen LogP contribution is -2.40. The molecule has 1 saturated carbocycles. The van der Waals surface area contributed by atoms with E-state index >= 15 is 0 Å². The zero-order chi connectivity index (χ0) is 20.4. The molecule has 0 aliphatic heterocycles. The molecule has 0 radical (unpaired) electrons. The number of rotatable bonds is 6. The third kappa shape index (κ3) is 5.86. The molecule has 3 rings (SSSR count). The molecule has 0 bridgehead atoms. The van der Waals surface area contributed by atoms with Crippen molar-refractivity contribution in [3.05, 3.63) is 52.9 Å². The summed E-state index contributed by atoms with van der Waals surface area (Å²) in [6.45, 7) is 5.02. The second kappa shape index (κ2) is 9.36. The van der Waals surface area contributed by atoms with E-state index in [0.717, 1.165) is 24.6 Å². The first kappa shape index (κ1) is 23.5. The Morgan fingerprint density at radius 1 is 1.24 bits per heavy atom. The van der Waals surface area contributed by atoms with Gasteiger partial charge in [-0.05, 0) is 30.4 Å². The fourth-order valence-electron chi connectivity index (χ4n) is 3.07. The lowest BCUT2D eigenvalue weighted by molar-refractivity contribution is -0.137.